The Hall–Kier alpha value is -2.65. The van der Waals surface area contributed by atoms with Crippen LogP contribution in [0, 0.1) is 16.0 Å². The molecule has 130 valence electrons. The average Bonchev–Trinajstić information content (AvgIpc) is 2.94. The number of benzene rings is 1. The van der Waals surface area contributed by atoms with Crippen molar-refractivity contribution in [3.63, 3.8) is 0 Å². The number of nitro groups is 1. The van der Waals surface area contributed by atoms with Gasteiger partial charge in [0, 0.05) is 12.1 Å². The van der Waals surface area contributed by atoms with Gasteiger partial charge in [-0.25, -0.2) is 0 Å². The molecule has 1 fully saturated rings. The maximum atomic E-state index is 12.6. The van der Waals surface area contributed by atoms with E-state index in [-0.39, 0.29) is 6.42 Å². The zero-order valence-electron chi connectivity index (χ0n) is 12.2. The van der Waals surface area contributed by atoms with Crippen molar-refractivity contribution in [1.82, 2.24) is 5.32 Å². The minimum Gasteiger partial charge on any atom is -0.481 e. The maximum Gasteiger partial charge on any atom is 0.416 e. The lowest BCUT2D eigenvalue weighted by molar-refractivity contribution is -0.385. The van der Waals surface area contributed by atoms with E-state index in [4.69, 9.17) is 5.11 Å². The second kappa shape index (κ2) is 6.46. The molecule has 1 amide bonds. The number of hydrogen-bond acceptors (Lipinski definition) is 4. The smallest absolute Gasteiger partial charge is 0.416 e. The fraction of sp³-hybridized carbons (Fsp3) is 0.429. The SMILES string of the molecule is O=C(N[C@@H]1CC[C@H](C(=O)O)C1)c1ccc(C(F)(F)F)cc1[N+](=O)[O-]. The van der Waals surface area contributed by atoms with E-state index in [1.807, 2.05) is 0 Å². The molecule has 0 saturated heterocycles. The molecule has 0 unspecified atom stereocenters. The third-order valence-corrected chi connectivity index (χ3v) is 3.88. The van der Waals surface area contributed by atoms with Crippen molar-refractivity contribution >= 4 is 17.6 Å². The third kappa shape index (κ3) is 3.81. The number of hydrogen-bond donors (Lipinski definition) is 2. The highest BCUT2D eigenvalue weighted by Crippen LogP contribution is 2.33. The zero-order valence-corrected chi connectivity index (χ0v) is 12.2. The molecule has 1 aliphatic carbocycles. The predicted molar refractivity (Wildman–Crippen MR) is 74.3 cm³/mol. The predicted octanol–water partition coefficient (Wildman–Crippen LogP) is 2.60. The Labute approximate surface area is 133 Å². The monoisotopic (exact) mass is 346 g/mol. The highest BCUT2D eigenvalue weighted by molar-refractivity contribution is 5.98. The number of halogens is 3. The number of carbonyl (C=O) groups excluding carboxylic acids is 1. The van der Waals surface area contributed by atoms with Gasteiger partial charge in [0.1, 0.15) is 5.56 Å². The molecule has 0 heterocycles. The fourth-order valence-corrected chi connectivity index (χ4v) is 2.65. The number of nitrogens with one attached hydrogen (secondary N) is 1. The normalized spacial score (nSPS) is 20.6. The Balaban J connectivity index is 2.20. The molecule has 0 aliphatic heterocycles. The van der Waals surface area contributed by atoms with Crippen molar-refractivity contribution in [1.29, 1.82) is 0 Å². The Morgan fingerprint density at radius 1 is 1.29 bits per heavy atom. The van der Waals surface area contributed by atoms with E-state index in [0.717, 1.165) is 6.07 Å². The van der Waals surface area contributed by atoms with Gasteiger partial charge in [-0.3, -0.25) is 19.7 Å². The molecule has 2 N–H and O–H groups in total. The maximum absolute atomic E-state index is 12.6. The standard InChI is InChI=1S/C14H13F3N2O5/c15-14(16,17)8-2-4-10(11(6-8)19(23)24)12(20)18-9-3-1-7(5-9)13(21)22/h2,4,6-7,9H,1,3,5H2,(H,18,20)(H,21,22)/t7-,9+/m0/s1. The van der Waals surface area contributed by atoms with Gasteiger partial charge >= 0.3 is 12.1 Å². The number of alkyl halides is 3. The number of carbonyl (C=O) groups is 2. The Morgan fingerprint density at radius 3 is 2.46 bits per heavy atom. The van der Waals surface area contributed by atoms with Gasteiger partial charge in [0.05, 0.1) is 16.4 Å². The largest absolute Gasteiger partial charge is 0.481 e. The number of carboxylic acid groups (broad SMARTS) is 1. The van der Waals surface area contributed by atoms with E-state index in [1.165, 1.54) is 0 Å². The van der Waals surface area contributed by atoms with Gasteiger partial charge in [0.15, 0.2) is 0 Å². The molecular formula is C14H13F3N2O5. The molecule has 1 aliphatic rings. The van der Waals surface area contributed by atoms with Crippen LogP contribution in [0.5, 0.6) is 0 Å². The van der Waals surface area contributed by atoms with Crippen LogP contribution in [0.2, 0.25) is 0 Å². The summed E-state index contributed by atoms with van der Waals surface area (Å²) in [5.74, 6) is -2.50. The number of amides is 1. The highest BCUT2D eigenvalue weighted by Gasteiger charge is 2.35. The van der Waals surface area contributed by atoms with Gasteiger partial charge in [-0.2, -0.15) is 13.2 Å². The molecule has 2 rings (SSSR count). The van der Waals surface area contributed by atoms with E-state index in [2.05, 4.69) is 5.32 Å². The van der Waals surface area contributed by atoms with Crippen molar-refractivity contribution in [2.24, 2.45) is 5.92 Å². The second-order valence-corrected chi connectivity index (χ2v) is 5.51. The van der Waals surface area contributed by atoms with Crippen LogP contribution in [0.4, 0.5) is 18.9 Å². The molecule has 2 atom stereocenters. The first-order valence-electron chi connectivity index (χ1n) is 6.99. The lowest BCUT2D eigenvalue weighted by Crippen LogP contribution is -2.33. The number of nitrogens with zero attached hydrogens (tertiary/aromatic N) is 1. The van der Waals surface area contributed by atoms with Gasteiger partial charge in [-0.05, 0) is 31.4 Å². The molecule has 0 bridgehead atoms. The van der Waals surface area contributed by atoms with Crippen molar-refractivity contribution < 1.29 is 32.8 Å². The van der Waals surface area contributed by atoms with E-state index in [0.29, 0.717) is 25.0 Å². The number of carboxylic acids is 1. The molecule has 24 heavy (non-hydrogen) atoms. The number of rotatable bonds is 4. The Bertz CT molecular complexity index is 689. The highest BCUT2D eigenvalue weighted by atomic mass is 19.4. The van der Waals surface area contributed by atoms with E-state index in [9.17, 15) is 32.9 Å². The van der Waals surface area contributed by atoms with Crippen LogP contribution in [-0.2, 0) is 11.0 Å². The Kier molecular flexibility index (Phi) is 4.76. The first-order valence-corrected chi connectivity index (χ1v) is 6.99. The number of nitro benzene ring substituents is 1. The molecule has 0 radical (unpaired) electrons. The van der Waals surface area contributed by atoms with Crippen LogP contribution in [0.15, 0.2) is 18.2 Å². The molecule has 0 spiro atoms. The van der Waals surface area contributed by atoms with Gasteiger partial charge in [0.25, 0.3) is 11.6 Å². The van der Waals surface area contributed by atoms with E-state index < -0.39 is 51.8 Å². The summed E-state index contributed by atoms with van der Waals surface area (Å²) in [7, 11) is 0. The van der Waals surface area contributed by atoms with Crippen molar-refractivity contribution in [2.45, 2.75) is 31.5 Å². The van der Waals surface area contributed by atoms with Gasteiger partial charge in [-0.15, -0.1) is 0 Å². The lowest BCUT2D eigenvalue weighted by Gasteiger charge is -2.13. The average molecular weight is 346 g/mol. The molecule has 1 aromatic carbocycles. The first kappa shape index (κ1) is 17.7. The summed E-state index contributed by atoms with van der Waals surface area (Å²) in [5.41, 5.74) is -2.67. The van der Waals surface area contributed by atoms with Gasteiger partial charge < -0.3 is 10.4 Å². The summed E-state index contributed by atoms with van der Waals surface area (Å²) in [6.45, 7) is 0. The first-order chi connectivity index (χ1) is 11.1. The third-order valence-electron chi connectivity index (χ3n) is 3.88. The quantitative estimate of drug-likeness (QED) is 0.643. The van der Waals surface area contributed by atoms with E-state index in [1.54, 1.807) is 0 Å². The minimum absolute atomic E-state index is 0.176. The second-order valence-electron chi connectivity index (χ2n) is 5.51. The summed E-state index contributed by atoms with van der Waals surface area (Å²) >= 11 is 0. The summed E-state index contributed by atoms with van der Waals surface area (Å²) < 4.78 is 37.9. The van der Waals surface area contributed by atoms with Crippen LogP contribution in [0.1, 0.15) is 35.2 Å². The summed E-state index contributed by atoms with van der Waals surface area (Å²) in [4.78, 5) is 32.9. The molecule has 10 heteroatoms. The fourth-order valence-electron chi connectivity index (χ4n) is 2.65. The minimum atomic E-state index is -4.76. The van der Waals surface area contributed by atoms with Crippen molar-refractivity contribution in [3.05, 3.63) is 39.4 Å². The Morgan fingerprint density at radius 2 is 1.96 bits per heavy atom. The van der Waals surface area contributed by atoms with Gasteiger partial charge in [-0.1, -0.05) is 0 Å². The molecular weight excluding hydrogens is 333 g/mol. The van der Waals surface area contributed by atoms with Crippen LogP contribution < -0.4 is 5.32 Å². The topological polar surface area (TPSA) is 110 Å². The number of aliphatic carboxylic acids is 1. The van der Waals surface area contributed by atoms with Crippen molar-refractivity contribution in [2.75, 3.05) is 0 Å². The van der Waals surface area contributed by atoms with Crippen LogP contribution in [-0.4, -0.2) is 27.9 Å². The van der Waals surface area contributed by atoms with Crippen LogP contribution in [0.25, 0.3) is 0 Å². The summed E-state index contributed by atoms with van der Waals surface area (Å²) in [5, 5.41) is 22.3. The van der Waals surface area contributed by atoms with Crippen LogP contribution >= 0.6 is 0 Å². The molecule has 0 aromatic heterocycles. The van der Waals surface area contributed by atoms with E-state index >= 15 is 0 Å². The molecule has 1 aromatic rings. The van der Waals surface area contributed by atoms with Gasteiger partial charge in [0.2, 0.25) is 0 Å². The zero-order chi connectivity index (χ0) is 18.1. The summed E-state index contributed by atoms with van der Waals surface area (Å²) in [6.07, 6.45) is -3.85. The summed E-state index contributed by atoms with van der Waals surface area (Å²) in [6, 6.07) is 1.17. The van der Waals surface area contributed by atoms with Crippen LogP contribution in [0.3, 0.4) is 0 Å². The molecule has 1 saturated carbocycles. The lowest BCUT2D eigenvalue weighted by atomic mass is 10.1. The molecule has 7 nitrogen and oxygen atoms in total. The van der Waals surface area contributed by atoms with Crippen molar-refractivity contribution in [3.8, 4) is 0 Å².